The molecule has 0 fully saturated rings. The Balaban J connectivity index is 2.32. The van der Waals surface area contributed by atoms with Crippen molar-refractivity contribution in [3.05, 3.63) is 53.8 Å². The van der Waals surface area contributed by atoms with Crippen LogP contribution in [0, 0.1) is 17.5 Å². The summed E-state index contributed by atoms with van der Waals surface area (Å²) < 4.78 is 51.7. The number of rotatable bonds is 6. The summed E-state index contributed by atoms with van der Waals surface area (Å²) >= 11 is 0. The molecular formula is C16H17F3O2Si. The standard InChI is InChI=1S/C16H17F3O2Si/c1-3-20-22(21-4-2)13-7-5-11(6-8-13)16-14(18)9-12(17)10-15(16)19/h5-10,22H,3-4H2,1-2H3. The van der Waals surface area contributed by atoms with Gasteiger partial charge in [0.25, 0.3) is 0 Å². The molecule has 0 spiro atoms. The van der Waals surface area contributed by atoms with Gasteiger partial charge >= 0.3 is 9.28 Å². The third-order valence-corrected chi connectivity index (χ3v) is 5.32. The first kappa shape index (κ1) is 16.7. The van der Waals surface area contributed by atoms with Gasteiger partial charge in [-0.15, -0.1) is 0 Å². The fraction of sp³-hybridized carbons (Fsp3) is 0.250. The van der Waals surface area contributed by atoms with E-state index in [2.05, 4.69) is 0 Å². The molecule has 0 aliphatic heterocycles. The first-order chi connectivity index (χ1) is 10.6. The van der Waals surface area contributed by atoms with E-state index in [0.29, 0.717) is 30.9 Å². The fourth-order valence-corrected chi connectivity index (χ4v) is 3.76. The third kappa shape index (κ3) is 3.76. The van der Waals surface area contributed by atoms with Crippen LogP contribution in [0.3, 0.4) is 0 Å². The van der Waals surface area contributed by atoms with E-state index in [-0.39, 0.29) is 5.56 Å². The van der Waals surface area contributed by atoms with Crippen molar-refractivity contribution in [2.24, 2.45) is 0 Å². The van der Waals surface area contributed by atoms with E-state index in [1.54, 1.807) is 24.3 Å². The second kappa shape index (κ2) is 7.58. The maximum Gasteiger partial charge on any atom is 0.355 e. The van der Waals surface area contributed by atoms with E-state index in [0.717, 1.165) is 5.19 Å². The van der Waals surface area contributed by atoms with Crippen LogP contribution in [0.5, 0.6) is 0 Å². The molecule has 0 N–H and O–H groups in total. The van der Waals surface area contributed by atoms with Gasteiger partial charge < -0.3 is 8.85 Å². The number of hydrogen-bond acceptors (Lipinski definition) is 2. The summed E-state index contributed by atoms with van der Waals surface area (Å²) in [6.07, 6.45) is 0. The first-order valence-corrected chi connectivity index (χ1v) is 8.56. The van der Waals surface area contributed by atoms with E-state index in [1.165, 1.54) is 0 Å². The van der Waals surface area contributed by atoms with Crippen molar-refractivity contribution in [1.82, 2.24) is 0 Å². The van der Waals surface area contributed by atoms with Crippen LogP contribution in [-0.4, -0.2) is 22.5 Å². The van der Waals surface area contributed by atoms with Crippen molar-refractivity contribution in [2.45, 2.75) is 13.8 Å². The zero-order chi connectivity index (χ0) is 16.1. The third-order valence-electron chi connectivity index (χ3n) is 3.11. The highest BCUT2D eigenvalue weighted by Gasteiger charge is 2.17. The van der Waals surface area contributed by atoms with E-state index >= 15 is 0 Å². The minimum Gasteiger partial charge on any atom is -0.394 e. The van der Waals surface area contributed by atoms with Crippen molar-refractivity contribution < 1.29 is 22.0 Å². The molecule has 0 atom stereocenters. The minimum absolute atomic E-state index is 0.237. The summed E-state index contributed by atoms with van der Waals surface area (Å²) in [6, 6.07) is 7.99. The molecule has 2 aromatic carbocycles. The van der Waals surface area contributed by atoms with Gasteiger partial charge in [-0.25, -0.2) is 13.2 Å². The molecule has 0 aliphatic carbocycles. The van der Waals surface area contributed by atoms with Gasteiger partial charge in [0, 0.05) is 25.3 Å². The SMILES string of the molecule is CCO[SiH](OCC)c1ccc(-c2c(F)cc(F)cc2F)cc1. The van der Waals surface area contributed by atoms with Crippen LogP contribution in [0.2, 0.25) is 0 Å². The highest BCUT2D eigenvalue weighted by Crippen LogP contribution is 2.26. The van der Waals surface area contributed by atoms with Crippen molar-refractivity contribution in [3.8, 4) is 11.1 Å². The first-order valence-electron chi connectivity index (χ1n) is 7.04. The fourth-order valence-electron chi connectivity index (χ4n) is 2.17. The molecule has 2 rings (SSSR count). The van der Waals surface area contributed by atoms with Crippen molar-refractivity contribution in [3.63, 3.8) is 0 Å². The quantitative estimate of drug-likeness (QED) is 0.759. The lowest BCUT2D eigenvalue weighted by Crippen LogP contribution is -2.36. The Morgan fingerprint density at radius 2 is 1.36 bits per heavy atom. The molecule has 0 aromatic heterocycles. The predicted molar refractivity (Wildman–Crippen MR) is 81.8 cm³/mol. The maximum absolute atomic E-state index is 13.8. The molecule has 0 radical (unpaired) electrons. The van der Waals surface area contributed by atoms with Crippen LogP contribution < -0.4 is 5.19 Å². The Hall–Kier alpha value is -1.63. The molecule has 2 aromatic rings. The molecule has 118 valence electrons. The highest BCUT2D eigenvalue weighted by molar-refractivity contribution is 6.61. The molecular weight excluding hydrogens is 309 g/mol. The Morgan fingerprint density at radius 1 is 0.864 bits per heavy atom. The van der Waals surface area contributed by atoms with Crippen molar-refractivity contribution in [1.29, 1.82) is 0 Å². The van der Waals surface area contributed by atoms with Crippen LogP contribution >= 0.6 is 0 Å². The lowest BCUT2D eigenvalue weighted by atomic mass is 10.0. The van der Waals surface area contributed by atoms with Gasteiger partial charge in [-0.1, -0.05) is 24.3 Å². The monoisotopic (exact) mass is 326 g/mol. The molecule has 0 heterocycles. The molecule has 22 heavy (non-hydrogen) atoms. The summed E-state index contributed by atoms with van der Waals surface area (Å²) in [5, 5.41) is 0.885. The summed E-state index contributed by atoms with van der Waals surface area (Å²) in [7, 11) is -1.99. The molecule has 0 unspecified atom stereocenters. The van der Waals surface area contributed by atoms with Gasteiger partial charge in [0.15, 0.2) is 0 Å². The summed E-state index contributed by atoms with van der Waals surface area (Å²) in [5.41, 5.74) is 0.110. The van der Waals surface area contributed by atoms with Crippen LogP contribution in [0.25, 0.3) is 11.1 Å². The average molecular weight is 326 g/mol. The molecule has 0 bridgehead atoms. The Bertz CT molecular complexity index is 603. The van der Waals surface area contributed by atoms with Gasteiger partial charge in [-0.05, 0) is 24.6 Å². The number of benzene rings is 2. The van der Waals surface area contributed by atoms with E-state index in [9.17, 15) is 13.2 Å². The molecule has 2 nitrogen and oxygen atoms in total. The maximum atomic E-state index is 13.8. The normalized spacial score (nSPS) is 11.2. The van der Waals surface area contributed by atoms with Gasteiger partial charge in [0.2, 0.25) is 0 Å². The zero-order valence-electron chi connectivity index (χ0n) is 12.4. The van der Waals surface area contributed by atoms with E-state index in [1.807, 2.05) is 13.8 Å². The second-order valence-corrected chi connectivity index (χ2v) is 6.61. The zero-order valence-corrected chi connectivity index (χ0v) is 13.6. The van der Waals surface area contributed by atoms with Crippen molar-refractivity contribution >= 4 is 14.5 Å². The van der Waals surface area contributed by atoms with E-state index in [4.69, 9.17) is 8.85 Å². The van der Waals surface area contributed by atoms with Gasteiger partial charge in [-0.3, -0.25) is 0 Å². The molecule has 0 saturated carbocycles. The molecule has 0 aliphatic rings. The average Bonchev–Trinajstić information content (AvgIpc) is 2.47. The van der Waals surface area contributed by atoms with Crippen LogP contribution in [0.15, 0.2) is 36.4 Å². The highest BCUT2D eigenvalue weighted by atomic mass is 28.3. The van der Waals surface area contributed by atoms with Crippen molar-refractivity contribution in [2.75, 3.05) is 13.2 Å². The lowest BCUT2D eigenvalue weighted by Gasteiger charge is -2.15. The number of hydrogen-bond donors (Lipinski definition) is 0. The minimum atomic E-state index is -1.99. The van der Waals surface area contributed by atoms with Gasteiger partial charge in [0.05, 0.1) is 5.56 Å². The smallest absolute Gasteiger partial charge is 0.355 e. The summed E-state index contributed by atoms with van der Waals surface area (Å²) in [6.45, 7) is 4.85. The van der Waals surface area contributed by atoms with E-state index < -0.39 is 26.7 Å². The molecule has 6 heteroatoms. The van der Waals surface area contributed by atoms with Gasteiger partial charge in [0.1, 0.15) is 17.5 Å². The Labute approximate surface area is 129 Å². The molecule has 0 amide bonds. The van der Waals surface area contributed by atoms with Crippen LogP contribution in [0.1, 0.15) is 13.8 Å². The predicted octanol–water partition coefficient (Wildman–Crippen LogP) is 3.27. The Morgan fingerprint density at radius 3 is 1.82 bits per heavy atom. The number of halogens is 3. The van der Waals surface area contributed by atoms with Gasteiger partial charge in [-0.2, -0.15) is 0 Å². The summed E-state index contributed by atoms with van der Waals surface area (Å²) in [4.78, 5) is 0. The molecule has 0 saturated heterocycles. The van der Waals surface area contributed by atoms with Crippen LogP contribution in [-0.2, 0) is 8.85 Å². The topological polar surface area (TPSA) is 18.5 Å². The Kier molecular flexibility index (Phi) is 5.76. The second-order valence-electron chi connectivity index (χ2n) is 4.61. The van der Waals surface area contributed by atoms with Crippen LogP contribution in [0.4, 0.5) is 13.2 Å². The summed E-state index contributed by atoms with van der Waals surface area (Å²) in [5.74, 6) is -2.78. The largest absolute Gasteiger partial charge is 0.394 e. The lowest BCUT2D eigenvalue weighted by molar-refractivity contribution is 0.225.